The molecule has 0 amide bonds. The van der Waals surface area contributed by atoms with E-state index in [9.17, 15) is 10.4 Å². The Kier molecular flexibility index (Phi) is 4.42. The predicted molar refractivity (Wildman–Crippen MR) is 67.3 cm³/mol. The number of nitrogens with zero attached hydrogens (tertiary/aromatic N) is 2. The van der Waals surface area contributed by atoms with Crippen molar-refractivity contribution in [3.05, 3.63) is 0 Å². The minimum Gasteiger partial charge on any atom is -0.395 e. The van der Waals surface area contributed by atoms with Gasteiger partial charge in [-0.25, -0.2) is 0 Å². The summed E-state index contributed by atoms with van der Waals surface area (Å²) in [6, 6.07) is 3.21. The molecule has 0 radical (unpaired) electrons. The molecular formula is C14H24N2O. The molecule has 96 valence electrons. The van der Waals surface area contributed by atoms with Gasteiger partial charge in [0.25, 0.3) is 0 Å². The average molecular weight is 236 g/mol. The standard InChI is InChI=1S/C14H24N2O/c1-2-11-5-6-12(9-15)14(8-11)16-7-3-4-13(16)10-17/h11-14,17H,2-8,10H2,1H3. The van der Waals surface area contributed by atoms with E-state index in [1.807, 2.05) is 0 Å². The van der Waals surface area contributed by atoms with E-state index < -0.39 is 0 Å². The molecule has 1 N–H and O–H groups in total. The fourth-order valence-corrected chi connectivity index (χ4v) is 3.61. The van der Waals surface area contributed by atoms with E-state index >= 15 is 0 Å². The molecule has 0 aromatic rings. The normalized spacial score (nSPS) is 39.1. The Morgan fingerprint density at radius 3 is 2.82 bits per heavy atom. The molecule has 1 aliphatic carbocycles. The second kappa shape index (κ2) is 5.84. The molecule has 1 saturated heterocycles. The van der Waals surface area contributed by atoms with Crippen molar-refractivity contribution >= 4 is 0 Å². The smallest absolute Gasteiger partial charge is 0.0672 e. The first-order valence-corrected chi connectivity index (χ1v) is 7.06. The number of aliphatic hydroxyl groups excluding tert-OH is 1. The van der Waals surface area contributed by atoms with Crippen LogP contribution in [0.3, 0.4) is 0 Å². The number of aliphatic hydroxyl groups is 1. The lowest BCUT2D eigenvalue weighted by Gasteiger charge is -2.40. The minimum absolute atomic E-state index is 0.185. The van der Waals surface area contributed by atoms with Crippen molar-refractivity contribution in [1.29, 1.82) is 5.26 Å². The zero-order chi connectivity index (χ0) is 12.3. The quantitative estimate of drug-likeness (QED) is 0.817. The van der Waals surface area contributed by atoms with Crippen LogP contribution in [0.15, 0.2) is 0 Å². The van der Waals surface area contributed by atoms with E-state index in [1.54, 1.807) is 0 Å². The molecule has 4 unspecified atom stereocenters. The molecule has 1 heterocycles. The third kappa shape index (κ3) is 2.64. The Balaban J connectivity index is 2.06. The van der Waals surface area contributed by atoms with Gasteiger partial charge < -0.3 is 5.11 Å². The van der Waals surface area contributed by atoms with Gasteiger partial charge in [-0.15, -0.1) is 0 Å². The van der Waals surface area contributed by atoms with Gasteiger partial charge in [0.2, 0.25) is 0 Å². The number of rotatable bonds is 3. The fraction of sp³-hybridized carbons (Fsp3) is 0.929. The molecule has 2 fully saturated rings. The fourth-order valence-electron chi connectivity index (χ4n) is 3.61. The molecule has 2 rings (SSSR count). The van der Waals surface area contributed by atoms with Crippen molar-refractivity contribution in [2.45, 2.75) is 57.5 Å². The lowest BCUT2D eigenvalue weighted by Crippen LogP contribution is -2.47. The summed E-state index contributed by atoms with van der Waals surface area (Å²) >= 11 is 0. The first-order chi connectivity index (χ1) is 8.30. The van der Waals surface area contributed by atoms with Crippen molar-refractivity contribution in [2.75, 3.05) is 13.2 Å². The number of likely N-dealkylation sites (tertiary alicyclic amines) is 1. The van der Waals surface area contributed by atoms with E-state index in [-0.39, 0.29) is 12.5 Å². The highest BCUT2D eigenvalue weighted by molar-refractivity contribution is 5.00. The Bertz CT molecular complexity index is 286. The lowest BCUT2D eigenvalue weighted by molar-refractivity contribution is 0.0623. The average Bonchev–Trinajstić information content (AvgIpc) is 2.86. The monoisotopic (exact) mass is 236 g/mol. The molecule has 0 aromatic heterocycles. The maximum Gasteiger partial charge on any atom is 0.0672 e. The van der Waals surface area contributed by atoms with Crippen LogP contribution < -0.4 is 0 Å². The van der Waals surface area contributed by atoms with Crippen molar-refractivity contribution in [3.63, 3.8) is 0 Å². The van der Waals surface area contributed by atoms with Crippen LogP contribution in [-0.4, -0.2) is 35.2 Å². The van der Waals surface area contributed by atoms with Crippen LogP contribution in [0.4, 0.5) is 0 Å². The van der Waals surface area contributed by atoms with Crippen LogP contribution in [0, 0.1) is 23.2 Å². The van der Waals surface area contributed by atoms with E-state index in [0.717, 1.165) is 31.7 Å². The second-order valence-corrected chi connectivity index (χ2v) is 5.61. The number of hydrogen-bond donors (Lipinski definition) is 1. The summed E-state index contributed by atoms with van der Waals surface area (Å²) in [6.45, 7) is 3.58. The maximum atomic E-state index is 9.42. The molecule has 2 aliphatic rings. The third-order valence-corrected chi connectivity index (χ3v) is 4.73. The Morgan fingerprint density at radius 1 is 1.35 bits per heavy atom. The SMILES string of the molecule is CCC1CCC(C#N)C(N2CCCC2CO)C1. The van der Waals surface area contributed by atoms with Gasteiger partial charge in [-0.2, -0.15) is 5.26 Å². The molecule has 3 nitrogen and oxygen atoms in total. The molecule has 1 saturated carbocycles. The molecule has 3 heteroatoms. The van der Waals surface area contributed by atoms with Gasteiger partial charge in [0.1, 0.15) is 0 Å². The van der Waals surface area contributed by atoms with Gasteiger partial charge in [0.05, 0.1) is 18.6 Å². The summed E-state index contributed by atoms with van der Waals surface area (Å²) in [4.78, 5) is 2.43. The molecule has 0 bridgehead atoms. The van der Waals surface area contributed by atoms with Gasteiger partial charge in [0.15, 0.2) is 0 Å². The van der Waals surface area contributed by atoms with Crippen molar-refractivity contribution in [2.24, 2.45) is 11.8 Å². The number of nitriles is 1. The van der Waals surface area contributed by atoms with Crippen LogP contribution in [0.5, 0.6) is 0 Å². The molecule has 17 heavy (non-hydrogen) atoms. The second-order valence-electron chi connectivity index (χ2n) is 5.61. The summed E-state index contributed by atoms with van der Waals surface area (Å²) in [5.41, 5.74) is 0. The summed E-state index contributed by atoms with van der Waals surface area (Å²) in [5, 5.41) is 18.7. The van der Waals surface area contributed by atoms with E-state index in [1.165, 1.54) is 19.3 Å². The minimum atomic E-state index is 0.185. The van der Waals surface area contributed by atoms with Gasteiger partial charge in [-0.3, -0.25) is 4.90 Å². The van der Waals surface area contributed by atoms with Gasteiger partial charge in [-0.05, 0) is 44.6 Å². The molecule has 0 aromatic carbocycles. The van der Waals surface area contributed by atoms with Gasteiger partial charge >= 0.3 is 0 Å². The molecular weight excluding hydrogens is 212 g/mol. The largest absolute Gasteiger partial charge is 0.395 e. The first kappa shape index (κ1) is 12.9. The highest BCUT2D eigenvalue weighted by Crippen LogP contribution is 2.36. The first-order valence-electron chi connectivity index (χ1n) is 7.06. The summed E-state index contributed by atoms with van der Waals surface area (Å²) in [5.74, 6) is 0.967. The summed E-state index contributed by atoms with van der Waals surface area (Å²) < 4.78 is 0. The molecule has 4 atom stereocenters. The number of hydrogen-bond acceptors (Lipinski definition) is 3. The van der Waals surface area contributed by atoms with E-state index in [2.05, 4.69) is 17.9 Å². The van der Waals surface area contributed by atoms with E-state index in [0.29, 0.717) is 12.1 Å². The molecule has 0 spiro atoms. The van der Waals surface area contributed by atoms with Crippen LogP contribution >= 0.6 is 0 Å². The summed E-state index contributed by atoms with van der Waals surface area (Å²) in [6.07, 6.45) is 6.92. The van der Waals surface area contributed by atoms with Gasteiger partial charge in [0, 0.05) is 12.1 Å². The maximum absolute atomic E-state index is 9.42. The zero-order valence-electron chi connectivity index (χ0n) is 10.8. The van der Waals surface area contributed by atoms with E-state index in [4.69, 9.17) is 0 Å². The highest BCUT2D eigenvalue weighted by Gasteiger charge is 2.38. The third-order valence-electron chi connectivity index (χ3n) is 4.73. The van der Waals surface area contributed by atoms with Crippen molar-refractivity contribution in [3.8, 4) is 6.07 Å². The Morgan fingerprint density at radius 2 is 2.18 bits per heavy atom. The lowest BCUT2D eigenvalue weighted by atomic mass is 9.77. The van der Waals surface area contributed by atoms with Crippen LogP contribution in [-0.2, 0) is 0 Å². The van der Waals surface area contributed by atoms with Crippen LogP contribution in [0.25, 0.3) is 0 Å². The van der Waals surface area contributed by atoms with Crippen LogP contribution in [0.1, 0.15) is 45.4 Å². The molecule has 1 aliphatic heterocycles. The zero-order valence-corrected chi connectivity index (χ0v) is 10.8. The predicted octanol–water partition coefficient (Wildman–Crippen LogP) is 2.16. The Hall–Kier alpha value is -0.590. The topological polar surface area (TPSA) is 47.3 Å². The van der Waals surface area contributed by atoms with Gasteiger partial charge in [-0.1, -0.05) is 13.3 Å². The Labute approximate surface area is 104 Å². The van der Waals surface area contributed by atoms with Crippen LogP contribution in [0.2, 0.25) is 0 Å². The highest BCUT2D eigenvalue weighted by atomic mass is 16.3. The van der Waals surface area contributed by atoms with Crippen molar-refractivity contribution in [1.82, 2.24) is 4.90 Å². The van der Waals surface area contributed by atoms with Crippen molar-refractivity contribution < 1.29 is 5.11 Å². The summed E-state index contributed by atoms with van der Waals surface area (Å²) in [7, 11) is 0.